The zero-order chi connectivity index (χ0) is 15.8. The van der Waals surface area contributed by atoms with Crippen molar-refractivity contribution in [2.45, 2.75) is 4.90 Å². The number of benzene rings is 1. The van der Waals surface area contributed by atoms with Crippen molar-refractivity contribution in [2.75, 3.05) is 18.8 Å². The summed E-state index contributed by atoms with van der Waals surface area (Å²) in [7, 11) is -4.17. The van der Waals surface area contributed by atoms with E-state index in [1.807, 2.05) is 5.32 Å². The Morgan fingerprint density at radius 3 is 2.29 bits per heavy atom. The van der Waals surface area contributed by atoms with Crippen molar-refractivity contribution in [2.24, 2.45) is 0 Å². The van der Waals surface area contributed by atoms with Crippen LogP contribution in [0.2, 0.25) is 0 Å². The number of carbonyl (C=O) groups excluding carboxylic acids is 2. The normalized spacial score (nSPS) is 16.6. The standard InChI is InChI=1S/C11H11N3O6S/c12-7-3-6(11(17)18)1-2-8(7)21(19,20)14-4-9(15)13-10(16)5-14/h1-3H,4-5,12H2,(H,17,18)(H,13,15,16). The first-order valence-electron chi connectivity index (χ1n) is 5.67. The van der Waals surface area contributed by atoms with Gasteiger partial charge in [0.2, 0.25) is 21.8 Å². The molecule has 112 valence electrons. The minimum absolute atomic E-state index is 0.168. The van der Waals surface area contributed by atoms with Crippen LogP contribution in [-0.2, 0) is 19.6 Å². The van der Waals surface area contributed by atoms with E-state index in [0.29, 0.717) is 4.31 Å². The van der Waals surface area contributed by atoms with Gasteiger partial charge in [0.25, 0.3) is 0 Å². The van der Waals surface area contributed by atoms with E-state index < -0.39 is 40.9 Å². The van der Waals surface area contributed by atoms with Crippen molar-refractivity contribution in [1.82, 2.24) is 9.62 Å². The van der Waals surface area contributed by atoms with Gasteiger partial charge in [-0.1, -0.05) is 0 Å². The van der Waals surface area contributed by atoms with Gasteiger partial charge in [0.05, 0.1) is 24.3 Å². The van der Waals surface area contributed by atoms with Crippen LogP contribution in [0, 0.1) is 0 Å². The first-order chi connectivity index (χ1) is 9.71. The third kappa shape index (κ3) is 2.85. The molecule has 9 nitrogen and oxygen atoms in total. The van der Waals surface area contributed by atoms with E-state index in [-0.39, 0.29) is 16.1 Å². The molecule has 0 bridgehead atoms. The molecule has 2 rings (SSSR count). The van der Waals surface area contributed by atoms with Gasteiger partial charge in [-0.15, -0.1) is 0 Å². The number of nitrogens with zero attached hydrogens (tertiary/aromatic N) is 1. The summed E-state index contributed by atoms with van der Waals surface area (Å²) in [5.74, 6) is -2.73. The number of carboxylic acids is 1. The zero-order valence-electron chi connectivity index (χ0n) is 10.6. The quantitative estimate of drug-likeness (QED) is 0.460. The molecule has 1 saturated heterocycles. The van der Waals surface area contributed by atoms with Crippen molar-refractivity contribution in [3.05, 3.63) is 23.8 Å². The molecule has 1 heterocycles. The zero-order valence-corrected chi connectivity index (χ0v) is 11.4. The second-order valence-electron chi connectivity index (χ2n) is 4.30. The van der Waals surface area contributed by atoms with Crippen LogP contribution in [0.3, 0.4) is 0 Å². The highest BCUT2D eigenvalue weighted by molar-refractivity contribution is 7.89. The number of hydrogen-bond donors (Lipinski definition) is 3. The average molecular weight is 313 g/mol. The Balaban J connectivity index is 2.42. The van der Waals surface area contributed by atoms with Gasteiger partial charge in [-0.25, -0.2) is 13.2 Å². The smallest absolute Gasteiger partial charge is 0.335 e. The Hall–Kier alpha value is -2.46. The van der Waals surface area contributed by atoms with Crippen molar-refractivity contribution in [3.8, 4) is 0 Å². The summed E-state index contributed by atoms with van der Waals surface area (Å²) in [5, 5.41) is 10.8. The van der Waals surface area contributed by atoms with Crippen LogP contribution in [-0.4, -0.2) is 48.7 Å². The van der Waals surface area contributed by atoms with Crippen LogP contribution < -0.4 is 11.1 Å². The van der Waals surface area contributed by atoms with Gasteiger partial charge in [-0.05, 0) is 18.2 Å². The molecule has 0 spiro atoms. The number of carbonyl (C=O) groups is 3. The second-order valence-corrected chi connectivity index (χ2v) is 6.21. The molecule has 0 aliphatic carbocycles. The summed E-state index contributed by atoms with van der Waals surface area (Å²) >= 11 is 0. The third-order valence-corrected chi connectivity index (χ3v) is 4.66. The Kier molecular flexibility index (Phi) is 3.66. The van der Waals surface area contributed by atoms with E-state index in [4.69, 9.17) is 10.8 Å². The molecule has 0 unspecified atom stereocenters. The molecular formula is C11H11N3O6S. The van der Waals surface area contributed by atoms with Crippen LogP contribution in [0.1, 0.15) is 10.4 Å². The molecule has 2 amide bonds. The maximum atomic E-state index is 12.3. The lowest BCUT2D eigenvalue weighted by atomic mass is 10.2. The molecule has 21 heavy (non-hydrogen) atoms. The van der Waals surface area contributed by atoms with Crippen LogP contribution in [0.5, 0.6) is 0 Å². The fraction of sp³-hybridized carbons (Fsp3) is 0.182. The SMILES string of the molecule is Nc1cc(C(=O)O)ccc1S(=O)(=O)N1CC(=O)NC(=O)C1. The summed E-state index contributed by atoms with van der Waals surface area (Å²) < 4.78 is 25.4. The molecule has 0 atom stereocenters. The highest BCUT2D eigenvalue weighted by Crippen LogP contribution is 2.24. The number of sulfonamides is 1. The van der Waals surface area contributed by atoms with Gasteiger partial charge < -0.3 is 10.8 Å². The molecule has 0 radical (unpaired) electrons. The number of carboxylic acid groups (broad SMARTS) is 1. The molecule has 1 fully saturated rings. The van der Waals surface area contributed by atoms with Crippen molar-refractivity contribution in [1.29, 1.82) is 0 Å². The number of aromatic carboxylic acids is 1. The van der Waals surface area contributed by atoms with Gasteiger partial charge in [-0.2, -0.15) is 4.31 Å². The molecule has 1 aromatic rings. The molecule has 1 aliphatic rings. The van der Waals surface area contributed by atoms with E-state index in [0.717, 1.165) is 18.2 Å². The second kappa shape index (κ2) is 5.14. The molecule has 1 aliphatic heterocycles. The van der Waals surface area contributed by atoms with Crippen molar-refractivity contribution in [3.63, 3.8) is 0 Å². The van der Waals surface area contributed by atoms with Gasteiger partial charge in [0, 0.05) is 0 Å². The minimum Gasteiger partial charge on any atom is -0.478 e. The number of hydrogen-bond acceptors (Lipinski definition) is 6. The lowest BCUT2D eigenvalue weighted by molar-refractivity contribution is -0.134. The predicted molar refractivity (Wildman–Crippen MR) is 69.7 cm³/mol. The first-order valence-corrected chi connectivity index (χ1v) is 7.11. The minimum atomic E-state index is -4.17. The molecule has 10 heteroatoms. The number of imide groups is 1. The predicted octanol–water partition coefficient (Wildman–Crippen LogP) is -1.39. The van der Waals surface area contributed by atoms with Crippen LogP contribution in [0.25, 0.3) is 0 Å². The summed E-state index contributed by atoms with van der Waals surface area (Å²) in [6.07, 6.45) is 0. The van der Waals surface area contributed by atoms with Crippen molar-refractivity contribution >= 4 is 33.5 Å². The summed E-state index contributed by atoms with van der Waals surface area (Å²) in [4.78, 5) is 32.9. The summed E-state index contributed by atoms with van der Waals surface area (Å²) in [6.45, 7) is -1.01. The molecule has 0 saturated carbocycles. The number of rotatable bonds is 3. The number of nitrogens with one attached hydrogen (secondary N) is 1. The Morgan fingerprint density at radius 1 is 1.24 bits per heavy atom. The molecule has 1 aromatic carbocycles. The average Bonchev–Trinajstić information content (AvgIpc) is 2.36. The number of amides is 2. The van der Waals surface area contributed by atoms with Crippen molar-refractivity contribution < 1.29 is 27.9 Å². The highest BCUT2D eigenvalue weighted by Gasteiger charge is 2.34. The number of piperazine rings is 1. The van der Waals surface area contributed by atoms with E-state index >= 15 is 0 Å². The lowest BCUT2D eigenvalue weighted by Gasteiger charge is -2.25. The lowest BCUT2D eigenvalue weighted by Crippen LogP contribution is -2.53. The van der Waals surface area contributed by atoms with Gasteiger partial charge >= 0.3 is 5.97 Å². The third-order valence-electron chi connectivity index (χ3n) is 2.79. The first kappa shape index (κ1) is 14.9. The highest BCUT2D eigenvalue weighted by atomic mass is 32.2. The fourth-order valence-electron chi connectivity index (χ4n) is 1.84. The Bertz CT molecular complexity index is 726. The molecule has 4 N–H and O–H groups in total. The van der Waals surface area contributed by atoms with E-state index in [9.17, 15) is 22.8 Å². The number of anilines is 1. The van der Waals surface area contributed by atoms with Gasteiger partial charge in [0.15, 0.2) is 0 Å². The van der Waals surface area contributed by atoms with E-state index in [2.05, 4.69) is 0 Å². The monoisotopic (exact) mass is 313 g/mol. The Morgan fingerprint density at radius 2 is 1.81 bits per heavy atom. The maximum absolute atomic E-state index is 12.3. The van der Waals surface area contributed by atoms with Crippen LogP contribution >= 0.6 is 0 Å². The fourth-order valence-corrected chi connectivity index (χ4v) is 3.29. The van der Waals surface area contributed by atoms with E-state index in [1.54, 1.807) is 0 Å². The largest absolute Gasteiger partial charge is 0.478 e. The van der Waals surface area contributed by atoms with E-state index in [1.165, 1.54) is 0 Å². The number of nitrogen functional groups attached to an aromatic ring is 1. The summed E-state index contributed by atoms with van der Waals surface area (Å²) in [6, 6.07) is 3.11. The van der Waals surface area contributed by atoms with Gasteiger partial charge in [0.1, 0.15) is 4.90 Å². The summed E-state index contributed by atoms with van der Waals surface area (Å²) in [5.41, 5.74) is 5.13. The topological polar surface area (TPSA) is 147 Å². The van der Waals surface area contributed by atoms with Gasteiger partial charge in [-0.3, -0.25) is 14.9 Å². The number of nitrogens with two attached hydrogens (primary N) is 1. The van der Waals surface area contributed by atoms with Crippen LogP contribution in [0.4, 0.5) is 5.69 Å². The molecular weight excluding hydrogens is 302 g/mol. The Labute approximate surface area is 119 Å². The molecule has 0 aromatic heterocycles. The van der Waals surface area contributed by atoms with Crippen LogP contribution in [0.15, 0.2) is 23.1 Å². The maximum Gasteiger partial charge on any atom is 0.335 e.